The molecule has 0 spiro atoms. The Labute approximate surface area is 189 Å². The maximum Gasteiger partial charge on any atom is 0.292 e. The van der Waals surface area contributed by atoms with E-state index >= 15 is 0 Å². The number of nitrogens with one attached hydrogen (secondary N) is 1. The van der Waals surface area contributed by atoms with Crippen LogP contribution in [-0.2, 0) is 0 Å². The molecule has 5 nitrogen and oxygen atoms in total. The zero-order valence-corrected chi connectivity index (χ0v) is 18.0. The summed E-state index contributed by atoms with van der Waals surface area (Å²) in [5.74, 6) is 0.726. The van der Waals surface area contributed by atoms with E-state index in [4.69, 9.17) is 21.0 Å². The van der Waals surface area contributed by atoms with Gasteiger partial charge in [-0.2, -0.15) is 0 Å². The summed E-state index contributed by atoms with van der Waals surface area (Å²) in [4.78, 5) is 17.9. The van der Waals surface area contributed by atoms with E-state index in [1.165, 1.54) is 18.4 Å². The predicted molar refractivity (Wildman–Crippen MR) is 122 cm³/mol. The fourth-order valence-electron chi connectivity index (χ4n) is 4.29. The Balaban J connectivity index is 1.73. The maximum absolute atomic E-state index is 13.6. The normalized spacial score (nSPS) is 14.1. The molecule has 0 bridgehead atoms. The standard InChI is InChI=1S/C25H21ClFN3O2/c26-20-9-4-3-8-19(20)23-28-22(16-11-13-17(27)14-12-16)24(30(23)18-6-1-2-7-18)29-25(31)21-10-5-15-32-21/h3-5,8-15,18H,1-2,6-7H2,(H,29,31). The van der Waals surface area contributed by atoms with E-state index in [-0.39, 0.29) is 23.5 Å². The van der Waals surface area contributed by atoms with Crippen LogP contribution in [0, 0.1) is 5.82 Å². The summed E-state index contributed by atoms with van der Waals surface area (Å²) in [6, 6.07) is 17.1. The van der Waals surface area contributed by atoms with Crippen LogP contribution in [0.1, 0.15) is 42.3 Å². The summed E-state index contributed by atoms with van der Waals surface area (Å²) in [5.41, 5.74) is 2.04. The number of aromatic nitrogens is 2. The first-order valence-electron chi connectivity index (χ1n) is 10.6. The second-order valence-electron chi connectivity index (χ2n) is 7.86. The number of anilines is 1. The van der Waals surface area contributed by atoms with E-state index in [1.54, 1.807) is 24.3 Å². The molecule has 1 aliphatic carbocycles. The summed E-state index contributed by atoms with van der Waals surface area (Å²) in [7, 11) is 0. The largest absolute Gasteiger partial charge is 0.459 e. The summed E-state index contributed by atoms with van der Waals surface area (Å²) < 4.78 is 21.0. The number of furan rings is 1. The molecule has 1 amide bonds. The molecule has 1 saturated carbocycles. The van der Waals surface area contributed by atoms with Crippen molar-refractivity contribution in [2.75, 3.05) is 5.32 Å². The van der Waals surface area contributed by atoms with Gasteiger partial charge in [-0.05, 0) is 61.4 Å². The average Bonchev–Trinajstić information content (AvgIpc) is 3.56. The number of carbonyl (C=O) groups is 1. The second kappa shape index (κ2) is 8.63. The molecule has 5 rings (SSSR count). The van der Waals surface area contributed by atoms with Crippen molar-refractivity contribution in [3.63, 3.8) is 0 Å². The topological polar surface area (TPSA) is 60.1 Å². The highest BCUT2D eigenvalue weighted by Crippen LogP contribution is 2.42. The number of carbonyl (C=O) groups excluding carboxylic acids is 1. The molecule has 1 N–H and O–H groups in total. The number of hydrogen-bond donors (Lipinski definition) is 1. The number of amides is 1. The van der Waals surface area contributed by atoms with Crippen LogP contribution in [0.4, 0.5) is 10.2 Å². The Kier molecular flexibility index (Phi) is 5.53. The number of benzene rings is 2. The molecule has 162 valence electrons. The van der Waals surface area contributed by atoms with Gasteiger partial charge in [-0.25, -0.2) is 9.37 Å². The monoisotopic (exact) mass is 449 g/mol. The van der Waals surface area contributed by atoms with Crippen LogP contribution in [0.2, 0.25) is 5.02 Å². The van der Waals surface area contributed by atoms with Crippen LogP contribution in [0.25, 0.3) is 22.6 Å². The molecule has 0 aliphatic heterocycles. The van der Waals surface area contributed by atoms with E-state index in [0.717, 1.165) is 31.2 Å². The van der Waals surface area contributed by atoms with Gasteiger partial charge in [0.15, 0.2) is 5.76 Å². The van der Waals surface area contributed by atoms with E-state index in [9.17, 15) is 9.18 Å². The lowest BCUT2D eigenvalue weighted by Crippen LogP contribution is -2.17. The van der Waals surface area contributed by atoms with Gasteiger partial charge in [0, 0.05) is 17.2 Å². The lowest BCUT2D eigenvalue weighted by atomic mass is 10.1. The van der Waals surface area contributed by atoms with Gasteiger partial charge in [0.2, 0.25) is 0 Å². The third-order valence-electron chi connectivity index (χ3n) is 5.81. The van der Waals surface area contributed by atoms with Crippen molar-refractivity contribution in [1.82, 2.24) is 9.55 Å². The Morgan fingerprint density at radius 2 is 1.81 bits per heavy atom. The average molecular weight is 450 g/mol. The first-order chi connectivity index (χ1) is 15.6. The van der Waals surface area contributed by atoms with Crippen LogP contribution in [0.3, 0.4) is 0 Å². The lowest BCUT2D eigenvalue weighted by Gasteiger charge is -2.19. The minimum atomic E-state index is -0.372. The number of nitrogens with zero attached hydrogens (tertiary/aromatic N) is 2. The molecule has 2 aromatic carbocycles. The summed E-state index contributed by atoms with van der Waals surface area (Å²) in [6.07, 6.45) is 5.60. The summed E-state index contributed by atoms with van der Waals surface area (Å²) in [5, 5.41) is 3.59. The minimum absolute atomic E-state index is 0.162. The van der Waals surface area contributed by atoms with Crippen LogP contribution >= 0.6 is 11.6 Å². The third kappa shape index (κ3) is 3.82. The molecule has 1 aliphatic rings. The van der Waals surface area contributed by atoms with E-state index in [0.29, 0.717) is 27.9 Å². The van der Waals surface area contributed by atoms with E-state index < -0.39 is 0 Å². The van der Waals surface area contributed by atoms with Gasteiger partial charge in [-0.1, -0.05) is 36.6 Å². The van der Waals surface area contributed by atoms with Gasteiger partial charge >= 0.3 is 0 Å². The maximum atomic E-state index is 13.6. The molecule has 2 heterocycles. The fourth-order valence-corrected chi connectivity index (χ4v) is 4.51. The Morgan fingerprint density at radius 3 is 2.50 bits per heavy atom. The number of halogens is 2. The van der Waals surface area contributed by atoms with Crippen molar-refractivity contribution < 1.29 is 13.6 Å². The molecule has 0 saturated heterocycles. The van der Waals surface area contributed by atoms with Gasteiger partial charge in [0.1, 0.15) is 23.2 Å². The van der Waals surface area contributed by atoms with Crippen molar-refractivity contribution in [3.05, 3.63) is 83.5 Å². The molecule has 1 fully saturated rings. The molecule has 4 aromatic rings. The highest BCUT2D eigenvalue weighted by atomic mass is 35.5. The summed E-state index contributed by atoms with van der Waals surface area (Å²) >= 11 is 6.55. The molecular formula is C25H21ClFN3O2. The first-order valence-corrected chi connectivity index (χ1v) is 11.0. The van der Waals surface area contributed by atoms with Crippen LogP contribution in [0.5, 0.6) is 0 Å². The SMILES string of the molecule is O=C(Nc1c(-c2ccc(F)cc2)nc(-c2ccccc2Cl)n1C1CCCC1)c1ccco1. The van der Waals surface area contributed by atoms with E-state index in [1.807, 2.05) is 24.3 Å². The molecule has 2 aromatic heterocycles. The predicted octanol–water partition coefficient (Wildman–Crippen LogP) is 6.97. The molecule has 7 heteroatoms. The molecule has 32 heavy (non-hydrogen) atoms. The van der Waals surface area contributed by atoms with Crippen molar-refractivity contribution >= 4 is 23.3 Å². The minimum Gasteiger partial charge on any atom is -0.459 e. The lowest BCUT2D eigenvalue weighted by molar-refractivity contribution is 0.0995. The first kappa shape index (κ1) is 20.5. The van der Waals surface area contributed by atoms with E-state index in [2.05, 4.69) is 9.88 Å². The molecule has 0 atom stereocenters. The number of hydrogen-bond acceptors (Lipinski definition) is 3. The molecular weight excluding hydrogens is 429 g/mol. The smallest absolute Gasteiger partial charge is 0.292 e. The van der Waals surface area contributed by atoms with Crippen molar-refractivity contribution in [2.45, 2.75) is 31.7 Å². The highest BCUT2D eigenvalue weighted by molar-refractivity contribution is 6.33. The quantitative estimate of drug-likeness (QED) is 0.358. The third-order valence-corrected chi connectivity index (χ3v) is 6.14. The number of imidazole rings is 1. The van der Waals surface area contributed by atoms with Crippen molar-refractivity contribution in [3.8, 4) is 22.6 Å². The number of rotatable bonds is 5. The van der Waals surface area contributed by atoms with Gasteiger partial charge in [0.05, 0.1) is 11.3 Å². The zero-order valence-electron chi connectivity index (χ0n) is 17.2. The molecule has 0 unspecified atom stereocenters. The van der Waals surface area contributed by atoms with Gasteiger partial charge < -0.3 is 14.3 Å². The molecule has 0 radical (unpaired) electrons. The fraction of sp³-hybridized carbons (Fsp3) is 0.200. The van der Waals surface area contributed by atoms with Gasteiger partial charge in [0.25, 0.3) is 5.91 Å². The Bertz CT molecular complexity index is 1240. The van der Waals surface area contributed by atoms with Crippen molar-refractivity contribution in [2.24, 2.45) is 0 Å². The van der Waals surface area contributed by atoms with Crippen LogP contribution in [-0.4, -0.2) is 15.5 Å². The summed E-state index contributed by atoms with van der Waals surface area (Å²) in [6.45, 7) is 0. The van der Waals surface area contributed by atoms with Crippen molar-refractivity contribution in [1.29, 1.82) is 0 Å². The van der Waals surface area contributed by atoms with Gasteiger partial charge in [-0.3, -0.25) is 4.79 Å². The Morgan fingerprint density at radius 1 is 1.06 bits per heavy atom. The van der Waals surface area contributed by atoms with Gasteiger partial charge in [-0.15, -0.1) is 0 Å². The second-order valence-corrected chi connectivity index (χ2v) is 8.27. The Hall–Kier alpha value is -3.38. The zero-order chi connectivity index (χ0) is 22.1. The van der Waals surface area contributed by atoms with Crippen LogP contribution < -0.4 is 5.32 Å². The highest BCUT2D eigenvalue weighted by Gasteiger charge is 2.29. The van der Waals surface area contributed by atoms with Crippen LogP contribution in [0.15, 0.2) is 71.3 Å².